The number of hydrogen-bond acceptors (Lipinski definition) is 0. The Morgan fingerprint density at radius 3 is 1.56 bits per heavy atom. The largest absolute Gasteiger partial charge is 0.0622 e. The standard InChI is InChI=1S/C18H12/c1-3-7-13(8-4-1)16-11-15-12-17(15)18(16)14-9-5-2-6-10-14/h1-12H. The molecule has 0 aromatic heterocycles. The average molecular weight is 228 g/mol. The van der Waals surface area contributed by atoms with Gasteiger partial charge < -0.3 is 0 Å². The molecule has 0 aliphatic heterocycles. The van der Waals surface area contributed by atoms with E-state index < -0.39 is 0 Å². The van der Waals surface area contributed by atoms with Crippen LogP contribution >= 0.6 is 0 Å². The zero-order valence-corrected chi connectivity index (χ0v) is 9.93. The van der Waals surface area contributed by atoms with E-state index in [-0.39, 0.29) is 0 Å². The van der Waals surface area contributed by atoms with Crippen molar-refractivity contribution in [2.75, 3.05) is 0 Å². The molecule has 2 aromatic rings. The molecule has 2 aliphatic carbocycles. The van der Waals surface area contributed by atoms with Crippen molar-refractivity contribution in [3.63, 3.8) is 0 Å². The van der Waals surface area contributed by atoms with Crippen molar-refractivity contribution in [1.82, 2.24) is 0 Å². The molecular weight excluding hydrogens is 216 g/mol. The summed E-state index contributed by atoms with van der Waals surface area (Å²) in [5.41, 5.74) is 8.17. The van der Waals surface area contributed by atoms with Crippen LogP contribution in [0, 0.1) is 0 Å². The summed E-state index contributed by atoms with van der Waals surface area (Å²) in [5, 5.41) is 0. The Morgan fingerprint density at radius 1 is 0.444 bits per heavy atom. The van der Waals surface area contributed by atoms with Crippen LogP contribution in [-0.2, 0) is 0 Å². The minimum absolute atomic E-state index is 1.30. The Bertz CT molecular complexity index is 710. The Balaban J connectivity index is 1.94. The number of benzene rings is 3. The maximum Gasteiger partial charge on any atom is -0.00264 e. The molecule has 0 atom stereocenters. The number of fused-ring (bicyclic) bond motifs is 1. The fourth-order valence-electron chi connectivity index (χ4n) is 2.59. The molecule has 2 aliphatic rings. The molecule has 84 valence electrons. The minimum atomic E-state index is 1.30. The van der Waals surface area contributed by atoms with E-state index in [1.54, 1.807) is 0 Å². The van der Waals surface area contributed by atoms with Crippen molar-refractivity contribution in [1.29, 1.82) is 0 Å². The van der Waals surface area contributed by atoms with Crippen LogP contribution in [0.2, 0.25) is 0 Å². The highest BCUT2D eigenvalue weighted by Crippen LogP contribution is 2.50. The summed E-state index contributed by atoms with van der Waals surface area (Å²) < 4.78 is 0. The van der Waals surface area contributed by atoms with Gasteiger partial charge in [-0.15, -0.1) is 0 Å². The first-order chi connectivity index (χ1) is 8.93. The van der Waals surface area contributed by atoms with E-state index in [1.807, 2.05) is 0 Å². The van der Waals surface area contributed by atoms with E-state index in [0.29, 0.717) is 0 Å². The Labute approximate surface area is 107 Å². The van der Waals surface area contributed by atoms with E-state index in [4.69, 9.17) is 0 Å². The summed E-state index contributed by atoms with van der Waals surface area (Å²) in [5.74, 6) is 0. The number of rotatable bonds is 2. The number of hydrogen-bond donors (Lipinski definition) is 0. The molecule has 18 heavy (non-hydrogen) atoms. The summed E-state index contributed by atoms with van der Waals surface area (Å²) in [6.07, 6.45) is 0. The lowest BCUT2D eigenvalue weighted by Gasteiger charge is -2.05. The summed E-state index contributed by atoms with van der Waals surface area (Å²) in [4.78, 5) is 0. The molecule has 4 rings (SSSR count). The zero-order valence-electron chi connectivity index (χ0n) is 9.93. The lowest BCUT2D eigenvalue weighted by atomic mass is 9.98. The van der Waals surface area contributed by atoms with Crippen LogP contribution in [0.1, 0.15) is 0 Å². The molecule has 0 unspecified atom stereocenters. The van der Waals surface area contributed by atoms with E-state index >= 15 is 0 Å². The first-order valence-corrected chi connectivity index (χ1v) is 6.23. The lowest BCUT2D eigenvalue weighted by molar-refractivity contribution is 1.64. The second kappa shape index (κ2) is 3.58. The third-order valence-corrected chi connectivity index (χ3v) is 3.51. The lowest BCUT2D eigenvalue weighted by Crippen LogP contribution is -1.79. The van der Waals surface area contributed by atoms with Crippen molar-refractivity contribution in [2.45, 2.75) is 0 Å². The van der Waals surface area contributed by atoms with Gasteiger partial charge in [0.15, 0.2) is 0 Å². The van der Waals surface area contributed by atoms with Gasteiger partial charge in [-0.3, -0.25) is 0 Å². The summed E-state index contributed by atoms with van der Waals surface area (Å²) in [6.45, 7) is 0. The first-order valence-electron chi connectivity index (χ1n) is 6.23. The van der Waals surface area contributed by atoms with Gasteiger partial charge in [0.05, 0.1) is 0 Å². The van der Waals surface area contributed by atoms with Crippen LogP contribution in [0.15, 0.2) is 72.8 Å². The Morgan fingerprint density at radius 2 is 0.944 bits per heavy atom. The second-order valence-electron chi connectivity index (χ2n) is 4.68. The fourth-order valence-corrected chi connectivity index (χ4v) is 2.59. The van der Waals surface area contributed by atoms with Crippen molar-refractivity contribution < 1.29 is 0 Å². The van der Waals surface area contributed by atoms with Crippen LogP contribution in [0.5, 0.6) is 0 Å². The van der Waals surface area contributed by atoms with Gasteiger partial charge in [-0.2, -0.15) is 0 Å². The molecule has 0 spiro atoms. The quantitative estimate of drug-likeness (QED) is 0.453. The SMILES string of the molecule is c1ccc(-c2cc3cc-3c2-c2ccccc2)cc1. The third-order valence-electron chi connectivity index (χ3n) is 3.51. The van der Waals surface area contributed by atoms with Gasteiger partial charge in [-0.25, -0.2) is 0 Å². The topological polar surface area (TPSA) is 0 Å². The van der Waals surface area contributed by atoms with Crippen molar-refractivity contribution in [3.05, 3.63) is 72.8 Å². The molecule has 0 saturated heterocycles. The maximum absolute atomic E-state index is 2.30. The maximum atomic E-state index is 2.30. The van der Waals surface area contributed by atoms with Crippen molar-refractivity contribution >= 4 is 0 Å². The summed E-state index contributed by atoms with van der Waals surface area (Å²) >= 11 is 0. The van der Waals surface area contributed by atoms with Crippen LogP contribution in [-0.4, -0.2) is 0 Å². The van der Waals surface area contributed by atoms with Gasteiger partial charge in [0.2, 0.25) is 0 Å². The van der Waals surface area contributed by atoms with Gasteiger partial charge >= 0.3 is 0 Å². The van der Waals surface area contributed by atoms with E-state index in [1.165, 1.54) is 33.4 Å². The van der Waals surface area contributed by atoms with E-state index in [0.717, 1.165) is 0 Å². The normalized spacial score (nSPS) is 11.3. The van der Waals surface area contributed by atoms with Gasteiger partial charge in [0.25, 0.3) is 0 Å². The van der Waals surface area contributed by atoms with Gasteiger partial charge in [0, 0.05) is 0 Å². The van der Waals surface area contributed by atoms with E-state index in [9.17, 15) is 0 Å². The van der Waals surface area contributed by atoms with Crippen molar-refractivity contribution in [2.24, 2.45) is 0 Å². The minimum Gasteiger partial charge on any atom is -0.0622 e. The molecule has 0 bridgehead atoms. The van der Waals surface area contributed by atoms with Crippen LogP contribution in [0.25, 0.3) is 33.4 Å². The van der Waals surface area contributed by atoms with Crippen LogP contribution in [0.3, 0.4) is 0 Å². The second-order valence-corrected chi connectivity index (χ2v) is 4.68. The molecule has 0 nitrogen and oxygen atoms in total. The van der Waals surface area contributed by atoms with Crippen LogP contribution < -0.4 is 0 Å². The highest BCUT2D eigenvalue weighted by Gasteiger charge is 2.24. The molecule has 0 radical (unpaired) electrons. The Hall–Kier alpha value is -2.34. The molecule has 2 aromatic carbocycles. The summed E-state index contributed by atoms with van der Waals surface area (Å²) in [6, 6.07) is 25.8. The molecule has 0 heterocycles. The molecular formula is C18H12. The van der Waals surface area contributed by atoms with Crippen molar-refractivity contribution in [3.8, 4) is 33.4 Å². The van der Waals surface area contributed by atoms with Gasteiger partial charge in [-0.1, -0.05) is 60.7 Å². The highest BCUT2D eigenvalue weighted by atomic mass is 14.3. The fraction of sp³-hybridized carbons (Fsp3) is 0. The molecule has 0 fully saturated rings. The van der Waals surface area contributed by atoms with Gasteiger partial charge in [-0.05, 0) is 45.5 Å². The Kier molecular flexibility index (Phi) is 1.92. The smallest absolute Gasteiger partial charge is 0.00264 e. The van der Waals surface area contributed by atoms with Gasteiger partial charge in [0.1, 0.15) is 0 Å². The monoisotopic (exact) mass is 228 g/mol. The predicted molar refractivity (Wildman–Crippen MR) is 76.3 cm³/mol. The molecule has 0 N–H and O–H groups in total. The third kappa shape index (κ3) is 1.39. The molecule has 0 heteroatoms. The average Bonchev–Trinajstić information content (AvgIpc) is 3.11. The van der Waals surface area contributed by atoms with E-state index in [2.05, 4.69) is 72.8 Å². The zero-order chi connectivity index (χ0) is 11.9. The molecule has 0 amide bonds. The highest BCUT2D eigenvalue weighted by molar-refractivity contribution is 6.05. The summed E-state index contributed by atoms with van der Waals surface area (Å²) in [7, 11) is 0. The van der Waals surface area contributed by atoms with Crippen LogP contribution in [0.4, 0.5) is 0 Å². The molecule has 0 saturated carbocycles. The predicted octanol–water partition coefficient (Wildman–Crippen LogP) is 5.00. The first kappa shape index (κ1) is 9.67.